The molecule has 112 valence electrons. The maximum Gasteiger partial charge on any atom is 0.495 e. The Bertz CT molecular complexity index is 745. The van der Waals surface area contributed by atoms with E-state index in [1.165, 1.54) is 0 Å². The maximum atomic E-state index is 9.00. The van der Waals surface area contributed by atoms with E-state index in [1.54, 1.807) is 0 Å². The van der Waals surface area contributed by atoms with Gasteiger partial charge in [-0.2, -0.15) is 5.26 Å². The quantitative estimate of drug-likeness (QED) is 0.798. The third-order valence-electron chi connectivity index (χ3n) is 4.82. The Hall–Kier alpha value is -1.83. The van der Waals surface area contributed by atoms with Crippen LogP contribution < -0.4 is 5.46 Å². The molecule has 1 aliphatic heterocycles. The Morgan fingerprint density at radius 2 is 1.55 bits per heavy atom. The number of rotatable bonds is 2. The first-order valence-corrected chi connectivity index (χ1v) is 7.59. The standard InChI is InChI=1S/C18H20BNO2/c1-17(2)18(3,4)22-19(21-17)16-10-9-13(11-12-20)14-7-5-6-8-15(14)16/h5-10H,11H2,1-4H3. The summed E-state index contributed by atoms with van der Waals surface area (Å²) in [5.74, 6) is 0. The summed E-state index contributed by atoms with van der Waals surface area (Å²) in [6.45, 7) is 8.22. The maximum absolute atomic E-state index is 9.00. The number of hydrogen-bond acceptors (Lipinski definition) is 3. The SMILES string of the molecule is CC1(C)OB(c2ccc(CC#N)c3ccccc23)OC1(C)C. The first-order chi connectivity index (χ1) is 10.4. The van der Waals surface area contributed by atoms with Crippen LogP contribution >= 0.6 is 0 Å². The molecule has 3 rings (SSSR count). The van der Waals surface area contributed by atoms with Gasteiger partial charge in [0.25, 0.3) is 0 Å². The molecule has 0 aromatic heterocycles. The zero-order valence-corrected chi connectivity index (χ0v) is 13.5. The first kappa shape index (κ1) is 15.1. The fraction of sp³-hybridized carbons (Fsp3) is 0.389. The Labute approximate surface area is 132 Å². The minimum atomic E-state index is -0.383. The Kier molecular flexibility index (Phi) is 3.51. The molecule has 2 aromatic carbocycles. The number of fused-ring (bicyclic) bond motifs is 1. The van der Waals surface area contributed by atoms with E-state index in [9.17, 15) is 0 Å². The molecule has 1 saturated heterocycles. The Balaban J connectivity index is 2.11. The van der Waals surface area contributed by atoms with Gasteiger partial charge in [-0.25, -0.2) is 0 Å². The molecular weight excluding hydrogens is 273 g/mol. The molecular formula is C18H20BNO2. The zero-order chi connectivity index (χ0) is 16.0. The van der Waals surface area contributed by atoms with Crippen LogP contribution in [0, 0.1) is 11.3 Å². The molecule has 2 aromatic rings. The van der Waals surface area contributed by atoms with E-state index in [1.807, 2.05) is 24.3 Å². The largest absolute Gasteiger partial charge is 0.495 e. The van der Waals surface area contributed by atoms with Crippen molar-refractivity contribution in [1.82, 2.24) is 0 Å². The third-order valence-corrected chi connectivity index (χ3v) is 4.82. The summed E-state index contributed by atoms with van der Waals surface area (Å²) in [4.78, 5) is 0. The Morgan fingerprint density at radius 1 is 0.955 bits per heavy atom. The van der Waals surface area contributed by atoms with E-state index >= 15 is 0 Å². The summed E-state index contributed by atoms with van der Waals surface area (Å²) in [5, 5.41) is 11.2. The van der Waals surface area contributed by atoms with Gasteiger partial charge in [0.1, 0.15) is 0 Å². The summed E-state index contributed by atoms with van der Waals surface area (Å²) in [5.41, 5.74) is 1.35. The zero-order valence-electron chi connectivity index (χ0n) is 13.5. The molecule has 0 radical (unpaired) electrons. The van der Waals surface area contributed by atoms with E-state index in [4.69, 9.17) is 14.6 Å². The average molecular weight is 293 g/mol. The van der Waals surface area contributed by atoms with Gasteiger partial charge in [0.05, 0.1) is 23.7 Å². The summed E-state index contributed by atoms with van der Waals surface area (Å²) in [6.07, 6.45) is 0.407. The smallest absolute Gasteiger partial charge is 0.399 e. The second kappa shape index (κ2) is 5.12. The van der Waals surface area contributed by atoms with Gasteiger partial charge in [-0.3, -0.25) is 0 Å². The number of nitrogens with zero attached hydrogens (tertiary/aromatic N) is 1. The number of hydrogen-bond donors (Lipinski definition) is 0. The molecule has 0 amide bonds. The van der Waals surface area contributed by atoms with E-state index in [-0.39, 0.29) is 18.3 Å². The molecule has 0 atom stereocenters. The highest BCUT2D eigenvalue weighted by molar-refractivity contribution is 6.65. The lowest BCUT2D eigenvalue weighted by Crippen LogP contribution is -2.41. The highest BCUT2D eigenvalue weighted by Crippen LogP contribution is 2.37. The summed E-state index contributed by atoms with van der Waals surface area (Å²) in [6, 6.07) is 14.4. The lowest BCUT2D eigenvalue weighted by Gasteiger charge is -2.32. The van der Waals surface area contributed by atoms with Gasteiger partial charge in [-0.15, -0.1) is 0 Å². The molecule has 0 spiro atoms. The van der Waals surface area contributed by atoms with Crippen molar-refractivity contribution in [3.8, 4) is 6.07 Å². The summed E-state index contributed by atoms with van der Waals surface area (Å²) < 4.78 is 12.3. The normalized spacial score (nSPS) is 19.3. The first-order valence-electron chi connectivity index (χ1n) is 7.59. The molecule has 0 aliphatic carbocycles. The molecule has 1 aliphatic rings. The van der Waals surface area contributed by atoms with Crippen molar-refractivity contribution in [2.75, 3.05) is 0 Å². The van der Waals surface area contributed by atoms with Crippen LogP contribution in [-0.2, 0) is 15.7 Å². The van der Waals surface area contributed by atoms with Crippen molar-refractivity contribution in [1.29, 1.82) is 5.26 Å². The highest BCUT2D eigenvalue weighted by atomic mass is 16.7. The van der Waals surface area contributed by atoms with Gasteiger partial charge in [0, 0.05) is 0 Å². The van der Waals surface area contributed by atoms with Crippen LogP contribution in [0.5, 0.6) is 0 Å². The van der Waals surface area contributed by atoms with E-state index in [0.717, 1.165) is 21.8 Å². The predicted molar refractivity (Wildman–Crippen MR) is 89.0 cm³/mol. The van der Waals surface area contributed by atoms with Crippen molar-refractivity contribution in [2.45, 2.75) is 45.3 Å². The van der Waals surface area contributed by atoms with Crippen LogP contribution in [0.4, 0.5) is 0 Å². The molecule has 4 heteroatoms. The topological polar surface area (TPSA) is 42.2 Å². The second-order valence-electron chi connectivity index (χ2n) is 6.78. The molecule has 3 nitrogen and oxygen atoms in total. The Morgan fingerprint density at radius 3 is 2.14 bits per heavy atom. The van der Waals surface area contributed by atoms with Crippen molar-refractivity contribution >= 4 is 23.4 Å². The number of benzene rings is 2. The lowest BCUT2D eigenvalue weighted by molar-refractivity contribution is 0.00578. The van der Waals surface area contributed by atoms with Gasteiger partial charge < -0.3 is 9.31 Å². The molecule has 0 saturated carbocycles. The van der Waals surface area contributed by atoms with Crippen molar-refractivity contribution in [3.05, 3.63) is 42.0 Å². The van der Waals surface area contributed by atoms with Gasteiger partial charge in [0.15, 0.2) is 0 Å². The van der Waals surface area contributed by atoms with Crippen LogP contribution in [0.3, 0.4) is 0 Å². The second-order valence-corrected chi connectivity index (χ2v) is 6.78. The minimum Gasteiger partial charge on any atom is -0.399 e. The van der Waals surface area contributed by atoms with E-state index in [2.05, 4.69) is 45.9 Å². The minimum absolute atomic E-state index is 0.357. The van der Waals surface area contributed by atoms with Crippen LogP contribution in [0.15, 0.2) is 36.4 Å². The molecule has 1 heterocycles. The predicted octanol–water partition coefficient (Wildman–Crippen LogP) is 3.21. The summed E-state index contributed by atoms with van der Waals surface area (Å²) in [7, 11) is -0.383. The fourth-order valence-corrected chi connectivity index (χ4v) is 2.80. The summed E-state index contributed by atoms with van der Waals surface area (Å²) >= 11 is 0. The van der Waals surface area contributed by atoms with Crippen molar-refractivity contribution in [3.63, 3.8) is 0 Å². The monoisotopic (exact) mass is 293 g/mol. The van der Waals surface area contributed by atoms with Gasteiger partial charge >= 0.3 is 7.12 Å². The van der Waals surface area contributed by atoms with Gasteiger partial charge in [-0.1, -0.05) is 36.4 Å². The van der Waals surface area contributed by atoms with Crippen LogP contribution in [0.25, 0.3) is 10.8 Å². The van der Waals surface area contributed by atoms with Gasteiger partial charge in [-0.05, 0) is 49.5 Å². The van der Waals surface area contributed by atoms with Crippen molar-refractivity contribution < 1.29 is 9.31 Å². The van der Waals surface area contributed by atoms with E-state index in [0.29, 0.717) is 6.42 Å². The average Bonchev–Trinajstić information content (AvgIpc) is 2.68. The molecule has 0 bridgehead atoms. The van der Waals surface area contributed by atoms with Crippen LogP contribution in [0.1, 0.15) is 33.3 Å². The number of nitriles is 1. The highest BCUT2D eigenvalue weighted by Gasteiger charge is 2.52. The van der Waals surface area contributed by atoms with Crippen LogP contribution in [0.2, 0.25) is 0 Å². The van der Waals surface area contributed by atoms with Crippen LogP contribution in [-0.4, -0.2) is 18.3 Å². The lowest BCUT2D eigenvalue weighted by atomic mass is 9.75. The van der Waals surface area contributed by atoms with E-state index < -0.39 is 0 Å². The van der Waals surface area contributed by atoms with Gasteiger partial charge in [0.2, 0.25) is 0 Å². The third kappa shape index (κ3) is 2.31. The molecule has 0 N–H and O–H groups in total. The van der Waals surface area contributed by atoms with Crippen molar-refractivity contribution in [2.24, 2.45) is 0 Å². The fourth-order valence-electron chi connectivity index (χ4n) is 2.80. The molecule has 1 fully saturated rings. The molecule has 22 heavy (non-hydrogen) atoms. The molecule has 0 unspecified atom stereocenters.